The lowest BCUT2D eigenvalue weighted by atomic mass is 10.0. The van der Waals surface area contributed by atoms with Gasteiger partial charge in [-0.1, -0.05) is 12.8 Å². The second-order valence-corrected chi connectivity index (χ2v) is 4.32. The Morgan fingerprint density at radius 1 is 1.44 bits per heavy atom. The predicted octanol–water partition coefficient (Wildman–Crippen LogP) is 0.296. The van der Waals surface area contributed by atoms with Gasteiger partial charge in [0.2, 0.25) is 5.76 Å². The standard InChI is InChI=1S/C11H17NO4/c13-10(9-7-15-5-6-16-9)12-8-11(14)3-1-2-4-11/h7,14H,1-6,8H2,(H,12,13). The monoisotopic (exact) mass is 227 g/mol. The molecule has 0 aromatic carbocycles. The molecule has 1 fully saturated rings. The molecule has 1 heterocycles. The van der Waals surface area contributed by atoms with Crippen LogP contribution in [0.15, 0.2) is 12.0 Å². The molecular formula is C11H17NO4. The van der Waals surface area contributed by atoms with E-state index in [2.05, 4.69) is 5.32 Å². The molecule has 1 aliphatic carbocycles. The maximum absolute atomic E-state index is 11.6. The molecule has 2 aliphatic rings. The number of carbonyl (C=O) groups excluding carboxylic acids is 1. The van der Waals surface area contributed by atoms with Crippen molar-refractivity contribution >= 4 is 5.91 Å². The third-order valence-electron chi connectivity index (χ3n) is 2.99. The largest absolute Gasteiger partial charge is 0.494 e. The zero-order valence-electron chi connectivity index (χ0n) is 9.20. The molecule has 0 aromatic heterocycles. The summed E-state index contributed by atoms with van der Waals surface area (Å²) in [5.41, 5.74) is -0.730. The van der Waals surface area contributed by atoms with E-state index in [9.17, 15) is 9.90 Å². The zero-order valence-corrected chi connectivity index (χ0v) is 9.20. The number of ether oxygens (including phenoxy) is 2. The molecule has 1 aliphatic heterocycles. The van der Waals surface area contributed by atoms with Gasteiger partial charge >= 0.3 is 0 Å². The lowest BCUT2D eigenvalue weighted by molar-refractivity contribution is -0.123. The van der Waals surface area contributed by atoms with Crippen LogP contribution in [0, 0.1) is 0 Å². The number of carbonyl (C=O) groups is 1. The fraction of sp³-hybridized carbons (Fsp3) is 0.727. The minimum Gasteiger partial charge on any atom is -0.494 e. The van der Waals surface area contributed by atoms with Crippen LogP contribution < -0.4 is 5.32 Å². The van der Waals surface area contributed by atoms with Gasteiger partial charge in [0.25, 0.3) is 5.91 Å². The molecule has 0 atom stereocenters. The van der Waals surface area contributed by atoms with E-state index >= 15 is 0 Å². The van der Waals surface area contributed by atoms with Crippen LogP contribution in [-0.2, 0) is 14.3 Å². The zero-order chi connectivity index (χ0) is 11.4. The summed E-state index contributed by atoms with van der Waals surface area (Å²) in [6.07, 6.45) is 4.87. The minimum absolute atomic E-state index is 0.188. The van der Waals surface area contributed by atoms with E-state index in [0.717, 1.165) is 25.7 Å². The van der Waals surface area contributed by atoms with Crippen LogP contribution in [0.4, 0.5) is 0 Å². The lowest BCUT2D eigenvalue weighted by Crippen LogP contribution is -2.41. The summed E-state index contributed by atoms with van der Waals surface area (Å²) in [5.74, 6) is -0.132. The van der Waals surface area contributed by atoms with E-state index in [1.807, 2.05) is 0 Å². The number of rotatable bonds is 3. The fourth-order valence-electron chi connectivity index (χ4n) is 2.03. The molecule has 5 heteroatoms. The summed E-state index contributed by atoms with van der Waals surface area (Å²) in [6.45, 7) is 1.15. The molecule has 1 saturated carbocycles. The van der Waals surface area contributed by atoms with Gasteiger partial charge in [-0.25, -0.2) is 0 Å². The Labute approximate surface area is 94.4 Å². The van der Waals surface area contributed by atoms with Gasteiger partial charge in [0, 0.05) is 6.54 Å². The molecule has 0 aromatic rings. The van der Waals surface area contributed by atoms with Crippen molar-refractivity contribution in [1.29, 1.82) is 0 Å². The van der Waals surface area contributed by atoms with E-state index in [4.69, 9.17) is 9.47 Å². The molecule has 0 radical (unpaired) electrons. The molecule has 90 valence electrons. The molecule has 16 heavy (non-hydrogen) atoms. The van der Waals surface area contributed by atoms with Crippen LogP contribution in [0.2, 0.25) is 0 Å². The minimum atomic E-state index is -0.730. The Morgan fingerprint density at radius 3 is 2.81 bits per heavy atom. The van der Waals surface area contributed by atoms with Crippen LogP contribution >= 0.6 is 0 Å². The Bertz CT molecular complexity index is 294. The summed E-state index contributed by atoms with van der Waals surface area (Å²) in [7, 11) is 0. The SMILES string of the molecule is O=C(NCC1(O)CCCC1)C1=COCCO1. The maximum Gasteiger partial charge on any atom is 0.289 e. The quantitative estimate of drug-likeness (QED) is 0.727. The number of aliphatic hydroxyl groups is 1. The Kier molecular flexibility index (Phi) is 3.33. The predicted molar refractivity (Wildman–Crippen MR) is 56.4 cm³/mol. The summed E-state index contributed by atoms with van der Waals surface area (Å²) in [4.78, 5) is 11.6. The van der Waals surface area contributed by atoms with Crippen LogP contribution in [0.25, 0.3) is 0 Å². The maximum atomic E-state index is 11.6. The molecule has 0 unspecified atom stereocenters. The molecule has 0 spiro atoms. The summed E-state index contributed by atoms with van der Waals surface area (Å²) in [6, 6.07) is 0. The first kappa shape index (κ1) is 11.3. The first-order chi connectivity index (χ1) is 7.70. The number of hydrogen-bond acceptors (Lipinski definition) is 4. The highest BCUT2D eigenvalue weighted by Gasteiger charge is 2.31. The van der Waals surface area contributed by atoms with Crippen LogP contribution in [0.1, 0.15) is 25.7 Å². The summed E-state index contributed by atoms with van der Waals surface area (Å²) in [5, 5.41) is 12.7. The van der Waals surface area contributed by atoms with Crippen molar-refractivity contribution in [2.45, 2.75) is 31.3 Å². The van der Waals surface area contributed by atoms with Crippen LogP contribution in [-0.4, -0.2) is 36.4 Å². The van der Waals surface area contributed by atoms with Gasteiger partial charge in [-0.2, -0.15) is 0 Å². The van der Waals surface area contributed by atoms with Gasteiger partial charge < -0.3 is 19.9 Å². The first-order valence-corrected chi connectivity index (χ1v) is 5.65. The van der Waals surface area contributed by atoms with Crippen molar-refractivity contribution in [2.75, 3.05) is 19.8 Å². The van der Waals surface area contributed by atoms with E-state index in [0.29, 0.717) is 13.2 Å². The molecule has 5 nitrogen and oxygen atoms in total. The Balaban J connectivity index is 1.81. The average molecular weight is 227 g/mol. The molecule has 0 bridgehead atoms. The smallest absolute Gasteiger partial charge is 0.289 e. The third-order valence-corrected chi connectivity index (χ3v) is 2.99. The topological polar surface area (TPSA) is 67.8 Å². The Morgan fingerprint density at radius 2 is 2.19 bits per heavy atom. The molecule has 0 saturated heterocycles. The van der Waals surface area contributed by atoms with Crippen molar-refractivity contribution in [3.05, 3.63) is 12.0 Å². The average Bonchev–Trinajstić information content (AvgIpc) is 2.75. The van der Waals surface area contributed by atoms with Gasteiger partial charge in [0.1, 0.15) is 19.5 Å². The van der Waals surface area contributed by atoms with Gasteiger partial charge in [0.05, 0.1) is 5.60 Å². The van der Waals surface area contributed by atoms with Gasteiger partial charge in [-0.15, -0.1) is 0 Å². The van der Waals surface area contributed by atoms with E-state index < -0.39 is 5.60 Å². The van der Waals surface area contributed by atoms with Crippen LogP contribution in [0.5, 0.6) is 0 Å². The highest BCUT2D eigenvalue weighted by molar-refractivity contribution is 5.91. The summed E-state index contributed by atoms with van der Waals surface area (Å²) >= 11 is 0. The number of amides is 1. The molecule has 2 N–H and O–H groups in total. The van der Waals surface area contributed by atoms with Gasteiger partial charge in [0.15, 0.2) is 0 Å². The Hall–Kier alpha value is -1.23. The normalized spacial score (nSPS) is 22.9. The van der Waals surface area contributed by atoms with Crippen LogP contribution in [0.3, 0.4) is 0 Å². The van der Waals surface area contributed by atoms with Crippen molar-refractivity contribution in [3.8, 4) is 0 Å². The first-order valence-electron chi connectivity index (χ1n) is 5.65. The van der Waals surface area contributed by atoms with E-state index in [-0.39, 0.29) is 18.2 Å². The van der Waals surface area contributed by atoms with E-state index in [1.165, 1.54) is 6.26 Å². The van der Waals surface area contributed by atoms with Gasteiger partial charge in [-0.3, -0.25) is 4.79 Å². The van der Waals surface area contributed by atoms with Crippen molar-refractivity contribution in [2.24, 2.45) is 0 Å². The van der Waals surface area contributed by atoms with Crippen molar-refractivity contribution in [1.82, 2.24) is 5.32 Å². The highest BCUT2D eigenvalue weighted by Crippen LogP contribution is 2.28. The lowest BCUT2D eigenvalue weighted by Gasteiger charge is -2.23. The molecular weight excluding hydrogens is 210 g/mol. The third kappa shape index (κ3) is 2.66. The summed E-state index contributed by atoms with van der Waals surface area (Å²) < 4.78 is 10.1. The highest BCUT2D eigenvalue weighted by atomic mass is 16.6. The van der Waals surface area contributed by atoms with Crippen molar-refractivity contribution < 1.29 is 19.4 Å². The molecule has 1 amide bonds. The number of hydrogen-bond donors (Lipinski definition) is 2. The van der Waals surface area contributed by atoms with E-state index in [1.54, 1.807) is 0 Å². The second-order valence-electron chi connectivity index (χ2n) is 4.32. The molecule has 2 rings (SSSR count). The number of nitrogens with one attached hydrogen (secondary N) is 1. The van der Waals surface area contributed by atoms with Crippen molar-refractivity contribution in [3.63, 3.8) is 0 Å². The van der Waals surface area contributed by atoms with Gasteiger partial charge in [-0.05, 0) is 12.8 Å². The second kappa shape index (κ2) is 4.74. The fourth-order valence-corrected chi connectivity index (χ4v) is 2.03.